The average Bonchev–Trinajstić information content (AvgIpc) is 2.52. The molecule has 0 aromatic heterocycles. The predicted molar refractivity (Wildman–Crippen MR) is 83.3 cm³/mol. The van der Waals surface area contributed by atoms with Crippen LogP contribution in [0.25, 0.3) is 0 Å². The molecule has 0 spiro atoms. The van der Waals surface area contributed by atoms with Crippen LogP contribution in [0.2, 0.25) is 0 Å². The molecule has 0 radical (unpaired) electrons. The molecule has 0 aliphatic carbocycles. The summed E-state index contributed by atoms with van der Waals surface area (Å²) in [6.45, 7) is 6.44. The van der Waals surface area contributed by atoms with E-state index in [-0.39, 0.29) is 6.10 Å². The number of hydrogen-bond acceptors (Lipinski definition) is 4. The van der Waals surface area contributed by atoms with E-state index < -0.39 is 6.10 Å². The Morgan fingerprint density at radius 1 is 1.52 bits per heavy atom. The summed E-state index contributed by atoms with van der Waals surface area (Å²) in [4.78, 5) is 2.24. The van der Waals surface area contributed by atoms with Crippen molar-refractivity contribution in [1.29, 1.82) is 5.26 Å². The molecule has 2 atom stereocenters. The third-order valence-electron chi connectivity index (χ3n) is 3.89. The number of anilines is 1. The van der Waals surface area contributed by atoms with Crippen molar-refractivity contribution in [3.8, 4) is 6.07 Å². The monoisotopic (exact) mass is 288 g/mol. The smallest absolute Gasteiger partial charge is 0.0992 e. The number of ether oxygens (including phenoxy) is 1. The number of piperidine rings is 1. The minimum Gasteiger partial charge on any atom is -0.389 e. The predicted octanol–water partition coefficient (Wildman–Crippen LogP) is 3.01. The van der Waals surface area contributed by atoms with Gasteiger partial charge in [-0.05, 0) is 38.3 Å². The van der Waals surface area contributed by atoms with Crippen LogP contribution in [0.1, 0.15) is 50.3 Å². The highest BCUT2D eigenvalue weighted by molar-refractivity contribution is 5.58. The summed E-state index contributed by atoms with van der Waals surface area (Å²) in [5, 5.41) is 19.1. The van der Waals surface area contributed by atoms with E-state index in [0.29, 0.717) is 5.56 Å². The Bertz CT molecular complexity index is 508. The average molecular weight is 288 g/mol. The summed E-state index contributed by atoms with van der Waals surface area (Å²) in [5.74, 6) is 0. The van der Waals surface area contributed by atoms with Crippen LogP contribution >= 0.6 is 0 Å². The number of nitriles is 1. The first-order chi connectivity index (χ1) is 10.2. The fourth-order valence-electron chi connectivity index (χ4n) is 2.82. The molecule has 0 bridgehead atoms. The second kappa shape index (κ2) is 7.44. The molecule has 21 heavy (non-hydrogen) atoms. The summed E-state index contributed by atoms with van der Waals surface area (Å²) in [6.07, 6.45) is 2.89. The van der Waals surface area contributed by atoms with E-state index in [0.717, 1.165) is 50.2 Å². The van der Waals surface area contributed by atoms with Crippen LogP contribution in [-0.2, 0) is 4.74 Å². The van der Waals surface area contributed by atoms with Crippen LogP contribution in [-0.4, -0.2) is 30.9 Å². The van der Waals surface area contributed by atoms with Crippen molar-refractivity contribution < 1.29 is 9.84 Å². The Kier molecular flexibility index (Phi) is 5.60. The fraction of sp³-hybridized carbons (Fsp3) is 0.588. The summed E-state index contributed by atoms with van der Waals surface area (Å²) in [6, 6.07) is 7.68. The molecule has 2 rings (SSSR count). The Balaban J connectivity index is 2.21. The molecule has 1 aromatic rings. The Labute approximate surface area is 127 Å². The van der Waals surface area contributed by atoms with Crippen molar-refractivity contribution in [3.05, 3.63) is 29.3 Å². The molecule has 1 saturated heterocycles. The molecular formula is C17H24N2O2. The van der Waals surface area contributed by atoms with E-state index in [1.165, 1.54) is 0 Å². The largest absolute Gasteiger partial charge is 0.389 e. The third kappa shape index (κ3) is 3.96. The van der Waals surface area contributed by atoms with Gasteiger partial charge in [-0.15, -0.1) is 0 Å². The van der Waals surface area contributed by atoms with Crippen LogP contribution in [0.5, 0.6) is 0 Å². The van der Waals surface area contributed by atoms with E-state index in [1.54, 1.807) is 13.0 Å². The molecular weight excluding hydrogens is 264 g/mol. The van der Waals surface area contributed by atoms with Crippen LogP contribution in [0.3, 0.4) is 0 Å². The highest BCUT2D eigenvalue weighted by Gasteiger charge is 2.23. The van der Waals surface area contributed by atoms with E-state index in [1.807, 2.05) is 12.1 Å². The zero-order valence-electron chi connectivity index (χ0n) is 12.9. The first-order valence-electron chi connectivity index (χ1n) is 7.74. The highest BCUT2D eigenvalue weighted by Crippen LogP contribution is 2.30. The van der Waals surface area contributed by atoms with Gasteiger partial charge in [0.1, 0.15) is 0 Å². The molecule has 1 aliphatic rings. The van der Waals surface area contributed by atoms with Gasteiger partial charge >= 0.3 is 0 Å². The number of rotatable bonds is 5. The Morgan fingerprint density at radius 3 is 3.00 bits per heavy atom. The zero-order valence-corrected chi connectivity index (χ0v) is 12.9. The molecule has 1 aromatic carbocycles. The van der Waals surface area contributed by atoms with Gasteiger partial charge < -0.3 is 14.7 Å². The minimum absolute atomic E-state index is 0.242. The number of nitrogens with zero attached hydrogens (tertiary/aromatic N) is 2. The number of hydrogen-bond donors (Lipinski definition) is 1. The summed E-state index contributed by atoms with van der Waals surface area (Å²) in [7, 11) is 0. The van der Waals surface area contributed by atoms with Crippen LogP contribution in [0, 0.1) is 11.3 Å². The number of aliphatic hydroxyl groups is 1. The first-order valence-corrected chi connectivity index (χ1v) is 7.74. The van der Waals surface area contributed by atoms with Crippen molar-refractivity contribution in [2.45, 2.75) is 45.3 Å². The lowest BCUT2D eigenvalue weighted by Gasteiger charge is -2.36. The van der Waals surface area contributed by atoms with Gasteiger partial charge in [-0.3, -0.25) is 0 Å². The van der Waals surface area contributed by atoms with Gasteiger partial charge in [-0.25, -0.2) is 0 Å². The number of benzene rings is 1. The molecule has 1 heterocycles. The summed E-state index contributed by atoms with van der Waals surface area (Å²) < 4.78 is 5.87. The summed E-state index contributed by atoms with van der Waals surface area (Å²) >= 11 is 0. The van der Waals surface area contributed by atoms with E-state index in [9.17, 15) is 5.11 Å². The summed E-state index contributed by atoms with van der Waals surface area (Å²) in [5.41, 5.74) is 2.48. The number of aliphatic hydroxyl groups excluding tert-OH is 1. The zero-order chi connectivity index (χ0) is 15.2. The normalized spacial score (nSPS) is 20.1. The maximum absolute atomic E-state index is 9.97. The third-order valence-corrected chi connectivity index (χ3v) is 3.89. The standard InChI is InChI=1S/C17H24N2O2/c1-3-9-21-15-5-4-8-19(12-15)17-10-14(11-18)6-7-16(17)13(2)20/h6-7,10,13,15,20H,3-5,8-9,12H2,1-2H3/t13-,15?/m1/s1. The van der Waals surface area contributed by atoms with Gasteiger partial charge in [-0.2, -0.15) is 5.26 Å². The Hall–Kier alpha value is -1.57. The van der Waals surface area contributed by atoms with Crippen LogP contribution in [0.15, 0.2) is 18.2 Å². The van der Waals surface area contributed by atoms with Gasteiger partial charge in [0, 0.05) is 30.9 Å². The maximum atomic E-state index is 9.97. The van der Waals surface area contributed by atoms with Gasteiger partial charge in [0.15, 0.2) is 0 Å². The molecule has 114 valence electrons. The lowest BCUT2D eigenvalue weighted by molar-refractivity contribution is 0.0439. The van der Waals surface area contributed by atoms with Crippen LogP contribution in [0.4, 0.5) is 5.69 Å². The molecule has 0 amide bonds. The van der Waals surface area contributed by atoms with Crippen molar-refractivity contribution in [2.24, 2.45) is 0 Å². The quantitative estimate of drug-likeness (QED) is 0.905. The lowest BCUT2D eigenvalue weighted by Crippen LogP contribution is -2.40. The molecule has 1 N–H and O–H groups in total. The second-order valence-electron chi connectivity index (χ2n) is 5.64. The van der Waals surface area contributed by atoms with E-state index >= 15 is 0 Å². The SMILES string of the molecule is CCCOC1CCCN(c2cc(C#N)ccc2[C@@H](C)O)C1. The van der Waals surface area contributed by atoms with E-state index in [2.05, 4.69) is 17.9 Å². The van der Waals surface area contributed by atoms with Gasteiger partial charge in [0.25, 0.3) is 0 Å². The van der Waals surface area contributed by atoms with E-state index in [4.69, 9.17) is 10.00 Å². The van der Waals surface area contributed by atoms with Crippen molar-refractivity contribution in [1.82, 2.24) is 0 Å². The first kappa shape index (κ1) is 15.8. The maximum Gasteiger partial charge on any atom is 0.0992 e. The van der Waals surface area contributed by atoms with Crippen molar-refractivity contribution in [3.63, 3.8) is 0 Å². The van der Waals surface area contributed by atoms with Gasteiger partial charge in [0.2, 0.25) is 0 Å². The molecule has 1 aliphatic heterocycles. The topological polar surface area (TPSA) is 56.5 Å². The van der Waals surface area contributed by atoms with Crippen molar-refractivity contribution >= 4 is 5.69 Å². The highest BCUT2D eigenvalue weighted by atomic mass is 16.5. The fourth-order valence-corrected chi connectivity index (χ4v) is 2.82. The molecule has 1 fully saturated rings. The Morgan fingerprint density at radius 2 is 2.33 bits per heavy atom. The molecule has 4 heteroatoms. The van der Waals surface area contributed by atoms with Gasteiger partial charge in [-0.1, -0.05) is 13.0 Å². The second-order valence-corrected chi connectivity index (χ2v) is 5.64. The lowest BCUT2D eigenvalue weighted by atomic mass is 10.0. The van der Waals surface area contributed by atoms with Gasteiger partial charge in [0.05, 0.1) is 23.8 Å². The van der Waals surface area contributed by atoms with Crippen LogP contribution < -0.4 is 4.90 Å². The molecule has 0 saturated carbocycles. The molecule has 4 nitrogen and oxygen atoms in total. The minimum atomic E-state index is -0.537. The van der Waals surface area contributed by atoms with Crippen molar-refractivity contribution in [2.75, 3.05) is 24.6 Å². The molecule has 1 unspecified atom stereocenters.